The summed E-state index contributed by atoms with van der Waals surface area (Å²) in [6.07, 6.45) is 10.4. The van der Waals surface area contributed by atoms with Crippen LogP contribution in [0.3, 0.4) is 0 Å². The number of nitrogens with one attached hydrogen (secondary N) is 1. The lowest BCUT2D eigenvalue weighted by Gasteiger charge is -2.28. The van der Waals surface area contributed by atoms with Crippen molar-refractivity contribution in [1.29, 1.82) is 0 Å². The third-order valence-corrected chi connectivity index (χ3v) is 6.07. The Morgan fingerprint density at radius 1 is 1.26 bits per heavy atom. The first kappa shape index (κ1) is 15.0. The van der Waals surface area contributed by atoms with Crippen LogP contribution in [0.4, 0.5) is 0 Å². The van der Waals surface area contributed by atoms with Gasteiger partial charge in [-0.25, -0.2) is 0 Å². The number of carbonyl (C=O) groups excluding carboxylic acids is 1. The molecule has 1 aromatic carbocycles. The van der Waals surface area contributed by atoms with Crippen molar-refractivity contribution >= 4 is 12.5 Å². The molecule has 2 nitrogen and oxygen atoms in total. The molecule has 2 aliphatic heterocycles. The molecular formula is C20H26BNO. The van der Waals surface area contributed by atoms with Crippen molar-refractivity contribution < 1.29 is 4.79 Å². The average Bonchev–Trinajstić information content (AvgIpc) is 2.93. The summed E-state index contributed by atoms with van der Waals surface area (Å²) < 4.78 is 0. The smallest absolute Gasteiger partial charge is 0.199 e. The Hall–Kier alpha value is -1.51. The lowest BCUT2D eigenvalue weighted by Crippen LogP contribution is -2.43. The maximum Gasteiger partial charge on any atom is 0.199 e. The minimum atomic E-state index is 0.206. The van der Waals surface area contributed by atoms with Gasteiger partial charge in [0.15, 0.2) is 12.5 Å². The van der Waals surface area contributed by atoms with Crippen LogP contribution in [-0.2, 0) is 12.7 Å². The highest BCUT2D eigenvalue weighted by atomic mass is 16.1. The second-order valence-corrected chi connectivity index (χ2v) is 7.72. The van der Waals surface area contributed by atoms with Gasteiger partial charge in [0, 0.05) is 11.5 Å². The van der Waals surface area contributed by atoms with Crippen molar-refractivity contribution in [3.63, 3.8) is 0 Å². The van der Waals surface area contributed by atoms with Crippen LogP contribution in [0.25, 0.3) is 0 Å². The van der Waals surface area contributed by atoms with E-state index >= 15 is 0 Å². The summed E-state index contributed by atoms with van der Waals surface area (Å²) in [5.74, 6) is 4.12. The first-order valence-corrected chi connectivity index (χ1v) is 9.29. The molecule has 0 radical (unpaired) electrons. The van der Waals surface area contributed by atoms with Gasteiger partial charge in [0.25, 0.3) is 0 Å². The zero-order chi connectivity index (χ0) is 15.8. The summed E-state index contributed by atoms with van der Waals surface area (Å²) in [4.78, 5) is 11.9. The zero-order valence-electron chi connectivity index (χ0n) is 14.1. The minimum absolute atomic E-state index is 0.206. The molecule has 2 heterocycles. The molecule has 23 heavy (non-hydrogen) atoms. The van der Waals surface area contributed by atoms with Crippen LogP contribution in [0.1, 0.15) is 66.9 Å². The molecule has 3 heteroatoms. The van der Waals surface area contributed by atoms with Gasteiger partial charge >= 0.3 is 0 Å². The lowest BCUT2D eigenvalue weighted by atomic mass is 9.39. The quantitative estimate of drug-likeness (QED) is 0.677. The first-order valence-electron chi connectivity index (χ1n) is 9.29. The maximum absolute atomic E-state index is 11.9. The second-order valence-electron chi connectivity index (χ2n) is 7.72. The third-order valence-electron chi connectivity index (χ3n) is 6.07. The molecule has 0 saturated heterocycles. The number of allylic oxidation sites excluding steroid dienone is 1. The van der Waals surface area contributed by atoms with Gasteiger partial charge in [-0.1, -0.05) is 56.3 Å². The number of ketones is 1. The van der Waals surface area contributed by atoms with Crippen molar-refractivity contribution in [1.82, 2.24) is 5.32 Å². The summed E-state index contributed by atoms with van der Waals surface area (Å²) in [7, 11) is 0. The molecule has 1 N–H and O–H groups in total. The van der Waals surface area contributed by atoms with Crippen LogP contribution >= 0.6 is 0 Å². The normalized spacial score (nSPS) is 23.8. The standard InChI is InChI=1S/C20H26BNO/c1-14(23)18-9-5-8-16-11-20-21(13-19(16)18)12-17(22-20)10-15-6-3-2-4-7-15/h5,8-9,12,15,20,22H,2-4,6-7,10-11,13H2,1H3. The summed E-state index contributed by atoms with van der Waals surface area (Å²) in [6, 6.07) is 6.25. The molecule has 1 atom stereocenters. The number of hydrogen-bond acceptors (Lipinski definition) is 2. The van der Waals surface area contributed by atoms with Crippen LogP contribution in [0, 0.1) is 5.92 Å². The SMILES string of the molecule is CC(=O)c1cccc2c1CB1C=C(CC3CCCCC3)NC1C2. The Morgan fingerprint density at radius 3 is 2.87 bits per heavy atom. The Kier molecular flexibility index (Phi) is 4.04. The van der Waals surface area contributed by atoms with E-state index in [-0.39, 0.29) is 5.78 Å². The predicted octanol–water partition coefficient (Wildman–Crippen LogP) is 3.93. The van der Waals surface area contributed by atoms with E-state index in [0.29, 0.717) is 12.7 Å². The largest absolute Gasteiger partial charge is 0.393 e. The van der Waals surface area contributed by atoms with Gasteiger partial charge in [-0.05, 0) is 48.8 Å². The summed E-state index contributed by atoms with van der Waals surface area (Å²) in [5, 5.41) is 3.81. The lowest BCUT2D eigenvalue weighted by molar-refractivity contribution is 0.101. The molecule has 0 bridgehead atoms. The molecule has 1 saturated carbocycles. The fourth-order valence-corrected chi connectivity index (χ4v) is 4.87. The Bertz CT molecular complexity index is 645. The van der Waals surface area contributed by atoms with Crippen LogP contribution < -0.4 is 5.32 Å². The third kappa shape index (κ3) is 2.98. The predicted molar refractivity (Wildman–Crippen MR) is 95.8 cm³/mol. The molecule has 3 aliphatic rings. The zero-order valence-corrected chi connectivity index (χ0v) is 14.1. The molecule has 0 aromatic heterocycles. The van der Waals surface area contributed by atoms with E-state index < -0.39 is 0 Å². The fraction of sp³-hybridized carbons (Fsp3) is 0.550. The van der Waals surface area contributed by atoms with Crippen molar-refractivity contribution in [2.24, 2.45) is 5.92 Å². The van der Waals surface area contributed by atoms with Gasteiger partial charge < -0.3 is 5.32 Å². The summed E-state index contributed by atoms with van der Waals surface area (Å²) >= 11 is 0. The van der Waals surface area contributed by atoms with Gasteiger partial charge in [0.05, 0.1) is 0 Å². The maximum atomic E-state index is 11.9. The molecule has 120 valence electrons. The number of rotatable bonds is 3. The number of fused-ring (bicyclic) bond motifs is 2. The first-order chi connectivity index (χ1) is 11.2. The second kappa shape index (κ2) is 6.18. The number of benzene rings is 1. The van der Waals surface area contributed by atoms with Gasteiger partial charge in [0.1, 0.15) is 0 Å². The number of Topliss-reactive ketones (excluding diaryl/α,β-unsaturated/α-hetero) is 1. The van der Waals surface area contributed by atoms with Crippen molar-refractivity contribution in [2.45, 2.75) is 64.1 Å². The topological polar surface area (TPSA) is 29.1 Å². The minimum Gasteiger partial charge on any atom is -0.393 e. The molecule has 1 fully saturated rings. The summed E-state index contributed by atoms with van der Waals surface area (Å²) in [6.45, 7) is 2.26. The van der Waals surface area contributed by atoms with Gasteiger partial charge in [-0.15, -0.1) is 0 Å². The monoisotopic (exact) mass is 307 g/mol. The highest BCUT2D eigenvalue weighted by molar-refractivity contribution is 6.67. The van der Waals surface area contributed by atoms with E-state index in [9.17, 15) is 4.79 Å². The molecule has 0 amide bonds. The molecule has 1 aliphatic carbocycles. The van der Waals surface area contributed by atoms with Gasteiger partial charge in [-0.2, -0.15) is 0 Å². The van der Waals surface area contributed by atoms with E-state index in [0.717, 1.165) is 24.2 Å². The van der Waals surface area contributed by atoms with E-state index in [1.165, 1.54) is 55.3 Å². The molecule has 1 aromatic rings. The fourth-order valence-electron chi connectivity index (χ4n) is 4.87. The highest BCUT2D eigenvalue weighted by Gasteiger charge is 2.36. The molecule has 1 unspecified atom stereocenters. The van der Waals surface area contributed by atoms with Crippen LogP contribution in [0.15, 0.2) is 29.9 Å². The Morgan fingerprint density at radius 2 is 2.09 bits per heavy atom. The van der Waals surface area contributed by atoms with Crippen molar-refractivity contribution in [3.05, 3.63) is 46.6 Å². The Labute approximate surface area is 139 Å². The number of carbonyl (C=O) groups is 1. The van der Waals surface area contributed by atoms with E-state index in [1.54, 1.807) is 6.92 Å². The molecule has 0 spiro atoms. The van der Waals surface area contributed by atoms with Crippen molar-refractivity contribution in [3.8, 4) is 0 Å². The van der Waals surface area contributed by atoms with Crippen LogP contribution in [0.2, 0.25) is 0 Å². The van der Waals surface area contributed by atoms with E-state index in [4.69, 9.17) is 0 Å². The van der Waals surface area contributed by atoms with Crippen LogP contribution in [-0.4, -0.2) is 18.4 Å². The van der Waals surface area contributed by atoms with E-state index in [1.807, 2.05) is 12.1 Å². The van der Waals surface area contributed by atoms with Gasteiger partial charge in [-0.3, -0.25) is 4.79 Å². The highest BCUT2D eigenvalue weighted by Crippen LogP contribution is 2.33. The summed E-state index contributed by atoms with van der Waals surface area (Å²) in [5.41, 5.74) is 5.09. The average molecular weight is 307 g/mol. The Balaban J connectivity index is 1.50. The van der Waals surface area contributed by atoms with E-state index in [2.05, 4.69) is 17.4 Å². The van der Waals surface area contributed by atoms with Crippen LogP contribution in [0.5, 0.6) is 0 Å². The van der Waals surface area contributed by atoms with Gasteiger partial charge in [0.2, 0.25) is 0 Å². The molecular weight excluding hydrogens is 281 g/mol. The number of hydrogen-bond donors (Lipinski definition) is 1. The van der Waals surface area contributed by atoms with Crippen molar-refractivity contribution in [2.75, 3.05) is 0 Å². The molecule has 4 rings (SSSR count).